The SMILES string of the molecule is CC[C@H](CN)NC(=O)c1cc(F)c(-n2nc(C(C)C)n(C)c2=O)cc1O[C@@H](C)CC(C)C. The van der Waals surface area contributed by atoms with E-state index in [0.29, 0.717) is 18.2 Å². The summed E-state index contributed by atoms with van der Waals surface area (Å²) in [5.74, 6) is -0.142. The molecule has 9 heteroatoms. The van der Waals surface area contributed by atoms with Gasteiger partial charge in [-0.1, -0.05) is 34.6 Å². The molecule has 1 aromatic carbocycles. The molecule has 0 aliphatic rings. The Bertz CT molecular complexity index is 992. The fourth-order valence-electron chi connectivity index (χ4n) is 3.61. The van der Waals surface area contributed by atoms with Gasteiger partial charge in [0, 0.05) is 31.6 Å². The van der Waals surface area contributed by atoms with E-state index < -0.39 is 17.4 Å². The van der Waals surface area contributed by atoms with Crippen molar-refractivity contribution in [2.24, 2.45) is 18.7 Å². The number of carbonyl (C=O) groups is 1. The predicted octanol–water partition coefficient (Wildman–Crippen LogP) is 3.11. The minimum Gasteiger partial charge on any atom is -0.490 e. The molecule has 8 nitrogen and oxygen atoms in total. The van der Waals surface area contributed by atoms with Gasteiger partial charge in [-0.15, -0.1) is 5.10 Å². The molecule has 0 unspecified atom stereocenters. The lowest BCUT2D eigenvalue weighted by Gasteiger charge is -2.21. The molecule has 0 radical (unpaired) electrons. The maximum absolute atomic E-state index is 15.2. The van der Waals surface area contributed by atoms with Crippen LogP contribution in [-0.2, 0) is 7.05 Å². The zero-order valence-electron chi connectivity index (χ0n) is 20.1. The molecule has 2 atom stereocenters. The van der Waals surface area contributed by atoms with Crippen LogP contribution < -0.4 is 21.5 Å². The Labute approximate surface area is 188 Å². The first kappa shape index (κ1) is 25.6. The summed E-state index contributed by atoms with van der Waals surface area (Å²) in [5.41, 5.74) is 5.22. The van der Waals surface area contributed by atoms with Gasteiger partial charge >= 0.3 is 5.69 Å². The Morgan fingerprint density at radius 2 is 1.91 bits per heavy atom. The number of nitrogens with two attached hydrogens (primary N) is 1. The number of hydrogen-bond acceptors (Lipinski definition) is 5. The largest absolute Gasteiger partial charge is 0.490 e. The summed E-state index contributed by atoms with van der Waals surface area (Å²) in [6.07, 6.45) is 1.17. The third kappa shape index (κ3) is 5.76. The molecule has 1 heterocycles. The molecule has 1 amide bonds. The van der Waals surface area contributed by atoms with Crippen molar-refractivity contribution in [2.75, 3.05) is 6.54 Å². The van der Waals surface area contributed by atoms with E-state index in [9.17, 15) is 9.59 Å². The average molecular weight is 450 g/mol. The van der Waals surface area contributed by atoms with Gasteiger partial charge in [0.15, 0.2) is 0 Å². The molecule has 2 rings (SSSR count). The van der Waals surface area contributed by atoms with E-state index in [4.69, 9.17) is 10.5 Å². The smallest absolute Gasteiger partial charge is 0.350 e. The fraction of sp³-hybridized carbons (Fsp3) is 0.609. The second-order valence-electron chi connectivity index (χ2n) is 8.94. The molecule has 1 aromatic heterocycles. The predicted molar refractivity (Wildman–Crippen MR) is 123 cm³/mol. The van der Waals surface area contributed by atoms with Crippen molar-refractivity contribution in [2.45, 2.75) is 72.4 Å². The van der Waals surface area contributed by atoms with Crippen molar-refractivity contribution >= 4 is 5.91 Å². The van der Waals surface area contributed by atoms with E-state index in [-0.39, 0.29) is 41.6 Å². The van der Waals surface area contributed by atoms with Crippen LogP contribution in [0.4, 0.5) is 4.39 Å². The summed E-state index contributed by atoms with van der Waals surface area (Å²) in [6, 6.07) is 2.24. The summed E-state index contributed by atoms with van der Waals surface area (Å²) >= 11 is 0. The highest BCUT2D eigenvalue weighted by atomic mass is 19.1. The van der Waals surface area contributed by atoms with Crippen molar-refractivity contribution in [3.63, 3.8) is 0 Å². The van der Waals surface area contributed by atoms with Crippen molar-refractivity contribution in [3.8, 4) is 11.4 Å². The van der Waals surface area contributed by atoms with Crippen LogP contribution >= 0.6 is 0 Å². The van der Waals surface area contributed by atoms with Gasteiger partial charge < -0.3 is 15.8 Å². The molecule has 32 heavy (non-hydrogen) atoms. The van der Waals surface area contributed by atoms with E-state index in [0.717, 1.165) is 17.2 Å². The van der Waals surface area contributed by atoms with E-state index in [2.05, 4.69) is 24.3 Å². The highest BCUT2D eigenvalue weighted by Gasteiger charge is 2.24. The first-order valence-electron chi connectivity index (χ1n) is 11.2. The van der Waals surface area contributed by atoms with Crippen LogP contribution in [0.2, 0.25) is 0 Å². The molecule has 0 fully saturated rings. The molecular formula is C23H36FN5O3. The number of hydrogen-bond donors (Lipinski definition) is 2. The number of amides is 1. The molecule has 0 aliphatic heterocycles. The highest BCUT2D eigenvalue weighted by Crippen LogP contribution is 2.28. The lowest BCUT2D eigenvalue weighted by atomic mass is 10.1. The van der Waals surface area contributed by atoms with Crippen molar-refractivity contribution in [1.29, 1.82) is 0 Å². The van der Waals surface area contributed by atoms with Crippen molar-refractivity contribution in [3.05, 3.63) is 39.8 Å². The Kier molecular flexibility index (Phi) is 8.60. The van der Waals surface area contributed by atoms with Crippen molar-refractivity contribution < 1.29 is 13.9 Å². The van der Waals surface area contributed by atoms with Gasteiger partial charge in [0.2, 0.25) is 0 Å². The Hall–Kier alpha value is -2.68. The average Bonchev–Trinajstić information content (AvgIpc) is 3.01. The fourth-order valence-corrected chi connectivity index (χ4v) is 3.61. The number of benzene rings is 1. The number of nitrogens with zero attached hydrogens (tertiary/aromatic N) is 3. The van der Waals surface area contributed by atoms with Gasteiger partial charge in [-0.25, -0.2) is 9.18 Å². The van der Waals surface area contributed by atoms with Crippen LogP contribution in [0.25, 0.3) is 5.69 Å². The summed E-state index contributed by atoms with van der Waals surface area (Å²) < 4.78 is 23.6. The minimum absolute atomic E-state index is 0.0221. The topological polar surface area (TPSA) is 104 Å². The Balaban J connectivity index is 2.59. The molecule has 0 spiro atoms. The van der Waals surface area contributed by atoms with Crippen LogP contribution in [-0.4, -0.2) is 38.9 Å². The highest BCUT2D eigenvalue weighted by molar-refractivity contribution is 5.97. The van der Waals surface area contributed by atoms with Gasteiger partial charge in [-0.3, -0.25) is 9.36 Å². The van der Waals surface area contributed by atoms with Gasteiger partial charge in [-0.05, 0) is 31.7 Å². The van der Waals surface area contributed by atoms with Crippen LogP contribution in [0.3, 0.4) is 0 Å². The van der Waals surface area contributed by atoms with Crippen LogP contribution in [0.5, 0.6) is 5.75 Å². The molecule has 3 N–H and O–H groups in total. The maximum Gasteiger partial charge on any atom is 0.350 e. The number of ether oxygens (including phenoxy) is 1. The molecule has 178 valence electrons. The van der Waals surface area contributed by atoms with E-state index in [1.54, 1.807) is 7.05 Å². The van der Waals surface area contributed by atoms with Crippen LogP contribution in [0.15, 0.2) is 16.9 Å². The first-order valence-corrected chi connectivity index (χ1v) is 11.2. The summed E-state index contributed by atoms with van der Waals surface area (Å²) in [5, 5.41) is 7.13. The van der Waals surface area contributed by atoms with Gasteiger partial charge in [0.25, 0.3) is 5.91 Å². The summed E-state index contributed by atoms with van der Waals surface area (Å²) in [4.78, 5) is 25.6. The molecule has 0 aliphatic carbocycles. The van der Waals surface area contributed by atoms with Gasteiger partial charge in [0.1, 0.15) is 23.1 Å². The second kappa shape index (κ2) is 10.8. The minimum atomic E-state index is -0.740. The lowest BCUT2D eigenvalue weighted by Crippen LogP contribution is -2.40. The summed E-state index contributed by atoms with van der Waals surface area (Å²) in [6.45, 7) is 12.0. The number of rotatable bonds is 10. The normalized spacial score (nSPS) is 13.5. The molecule has 0 bridgehead atoms. The first-order chi connectivity index (χ1) is 15.0. The van der Waals surface area contributed by atoms with Crippen LogP contribution in [0.1, 0.15) is 76.5 Å². The third-order valence-electron chi connectivity index (χ3n) is 5.30. The standard InChI is InChI=1S/C23H36FN5O3/c1-8-16(12-25)26-22(30)17-10-18(24)19(11-20(17)32-15(6)9-13(2)3)29-23(31)28(7)21(27-29)14(4)5/h10-11,13-16H,8-9,12,25H2,1-7H3,(H,26,30)/t15-,16+/m0/s1. The van der Waals surface area contributed by atoms with E-state index in [1.807, 2.05) is 27.7 Å². The monoisotopic (exact) mass is 449 g/mol. The van der Waals surface area contributed by atoms with Crippen LogP contribution in [0, 0.1) is 11.7 Å². The molecule has 0 saturated carbocycles. The molecular weight excluding hydrogens is 413 g/mol. The number of nitrogens with one attached hydrogen (secondary N) is 1. The zero-order chi connectivity index (χ0) is 24.2. The van der Waals surface area contributed by atoms with Crippen molar-refractivity contribution in [1.82, 2.24) is 19.7 Å². The Morgan fingerprint density at radius 3 is 2.41 bits per heavy atom. The second-order valence-corrected chi connectivity index (χ2v) is 8.94. The molecule has 0 saturated heterocycles. The third-order valence-corrected chi connectivity index (χ3v) is 5.30. The van der Waals surface area contributed by atoms with Gasteiger partial charge in [0.05, 0.1) is 11.7 Å². The van der Waals surface area contributed by atoms with E-state index in [1.165, 1.54) is 10.6 Å². The quantitative estimate of drug-likeness (QED) is 0.580. The summed E-state index contributed by atoms with van der Waals surface area (Å²) in [7, 11) is 1.60. The number of carbonyl (C=O) groups excluding carboxylic acids is 1. The Morgan fingerprint density at radius 1 is 1.25 bits per heavy atom. The maximum atomic E-state index is 15.2. The lowest BCUT2D eigenvalue weighted by molar-refractivity contribution is 0.0928. The zero-order valence-corrected chi connectivity index (χ0v) is 20.1. The van der Waals surface area contributed by atoms with E-state index >= 15 is 4.39 Å². The number of halogens is 1. The molecule has 2 aromatic rings. The van der Waals surface area contributed by atoms with Gasteiger partial charge in [-0.2, -0.15) is 4.68 Å². The number of aromatic nitrogens is 3.